The van der Waals surface area contributed by atoms with E-state index < -0.39 is 11.5 Å². The number of nitrogens with zero attached hydrogens (tertiary/aromatic N) is 2. The minimum absolute atomic E-state index is 0.0620. The molecule has 2 amide bonds. The average molecular weight is 570 g/mol. The van der Waals surface area contributed by atoms with E-state index in [0.717, 1.165) is 57.1 Å². The van der Waals surface area contributed by atoms with Crippen molar-refractivity contribution in [1.82, 2.24) is 15.1 Å². The Labute approximate surface area is 244 Å². The van der Waals surface area contributed by atoms with Crippen molar-refractivity contribution in [2.24, 2.45) is 22.7 Å². The largest absolute Gasteiger partial charge is 0.466 e. The number of benzene rings is 1. The third-order valence-corrected chi connectivity index (χ3v) is 10.8. The van der Waals surface area contributed by atoms with Crippen LogP contribution >= 0.6 is 0 Å². The molecule has 8 heteroatoms. The molecule has 41 heavy (non-hydrogen) atoms. The number of halogens is 1. The van der Waals surface area contributed by atoms with E-state index in [9.17, 15) is 18.8 Å². The number of ether oxygens (including phenoxy) is 1. The summed E-state index contributed by atoms with van der Waals surface area (Å²) in [6, 6.07) is 5.61. The Kier molecular flexibility index (Phi) is 9.07. The van der Waals surface area contributed by atoms with Gasteiger partial charge in [0.05, 0.1) is 17.9 Å². The molecule has 6 rings (SSSR count). The van der Waals surface area contributed by atoms with Crippen molar-refractivity contribution >= 4 is 17.8 Å². The van der Waals surface area contributed by atoms with Crippen LogP contribution in [0.3, 0.4) is 0 Å². The lowest BCUT2D eigenvalue weighted by atomic mass is 9.63. The number of nitrogens with one attached hydrogen (secondary N) is 1. The molecule has 2 saturated carbocycles. The van der Waals surface area contributed by atoms with E-state index in [-0.39, 0.29) is 41.0 Å². The number of hydrogen-bond donors (Lipinski definition) is 1. The first kappa shape index (κ1) is 30.0. The Bertz CT molecular complexity index is 1100. The predicted octanol–water partition coefficient (Wildman–Crippen LogP) is 4.73. The SMILES string of the molecule is CCOC(=O)C1(C2CCCCC2)CCN(C(=O)[C@@H](Cc2ccc(F)cc2)NC(=O)[C@@H]2C[C@@]3(C)CC[C@@H]2N(C)C3)CC1. The monoisotopic (exact) mass is 569 g/mol. The van der Waals surface area contributed by atoms with Gasteiger partial charge in [0.2, 0.25) is 11.8 Å². The molecule has 1 aromatic carbocycles. The standard InChI is InChI=1S/C33H48FN3O4/c1-4-41-31(40)33(24-8-6-5-7-9-24)16-18-37(19-17-33)30(39)27(20-23-10-12-25(34)13-11-23)35-29(38)26-21-32(2)15-14-28(26)36(3)22-32/h10-13,24,26-28H,4-9,14-22H2,1-3H3,(H,35,38)/t26-,27-,28+,32-/m1/s1. The second-order valence-corrected chi connectivity index (χ2v) is 13.6. The van der Waals surface area contributed by atoms with E-state index in [0.29, 0.717) is 44.9 Å². The van der Waals surface area contributed by atoms with Gasteiger partial charge in [0.25, 0.3) is 0 Å². The third-order valence-electron chi connectivity index (χ3n) is 10.8. The Balaban J connectivity index is 1.32. The number of piperidine rings is 3. The molecule has 2 bridgehead atoms. The topological polar surface area (TPSA) is 79.0 Å². The smallest absolute Gasteiger partial charge is 0.312 e. The summed E-state index contributed by atoms with van der Waals surface area (Å²) in [5.74, 6) is -0.482. The number of carbonyl (C=O) groups is 3. The van der Waals surface area contributed by atoms with Gasteiger partial charge >= 0.3 is 5.97 Å². The first-order chi connectivity index (χ1) is 19.6. The number of amides is 2. The normalized spacial score (nSPS) is 29.1. The van der Waals surface area contributed by atoms with Crippen LogP contribution in [0.2, 0.25) is 0 Å². The minimum Gasteiger partial charge on any atom is -0.466 e. The maximum absolute atomic E-state index is 14.1. The first-order valence-corrected chi connectivity index (χ1v) is 15.9. The molecule has 2 aliphatic carbocycles. The molecule has 3 saturated heterocycles. The molecular weight excluding hydrogens is 521 g/mol. The van der Waals surface area contributed by atoms with Crippen LogP contribution in [0.15, 0.2) is 24.3 Å². The van der Waals surface area contributed by atoms with Crippen LogP contribution in [-0.2, 0) is 25.5 Å². The summed E-state index contributed by atoms with van der Waals surface area (Å²) in [5, 5.41) is 3.15. The van der Waals surface area contributed by atoms with Crippen LogP contribution in [0.5, 0.6) is 0 Å². The van der Waals surface area contributed by atoms with Gasteiger partial charge in [0, 0.05) is 32.1 Å². The number of fused-ring (bicyclic) bond motifs is 3. The van der Waals surface area contributed by atoms with Crippen LogP contribution in [0, 0.1) is 28.5 Å². The Morgan fingerprint density at radius 1 is 1.05 bits per heavy atom. The third kappa shape index (κ3) is 6.32. The van der Waals surface area contributed by atoms with E-state index in [1.807, 2.05) is 11.8 Å². The van der Waals surface area contributed by atoms with Gasteiger partial charge in [0.1, 0.15) is 11.9 Å². The quantitative estimate of drug-likeness (QED) is 0.458. The van der Waals surface area contributed by atoms with Crippen molar-refractivity contribution in [2.75, 3.05) is 33.3 Å². The van der Waals surface area contributed by atoms with Gasteiger partial charge in [-0.1, -0.05) is 38.3 Å². The van der Waals surface area contributed by atoms with E-state index in [4.69, 9.17) is 4.74 Å². The predicted molar refractivity (Wildman–Crippen MR) is 155 cm³/mol. The molecule has 5 aliphatic rings. The molecule has 5 fully saturated rings. The van der Waals surface area contributed by atoms with Gasteiger partial charge in [-0.05, 0) is 87.9 Å². The Morgan fingerprint density at radius 3 is 2.34 bits per heavy atom. The van der Waals surface area contributed by atoms with Crippen molar-refractivity contribution in [2.45, 2.75) is 96.6 Å². The summed E-state index contributed by atoms with van der Waals surface area (Å²) in [5.41, 5.74) is 0.383. The summed E-state index contributed by atoms with van der Waals surface area (Å²) >= 11 is 0. The maximum atomic E-state index is 14.1. The van der Waals surface area contributed by atoms with E-state index in [2.05, 4.69) is 24.2 Å². The molecule has 0 radical (unpaired) electrons. The Hall–Kier alpha value is -2.48. The van der Waals surface area contributed by atoms with Gasteiger partial charge in [-0.15, -0.1) is 0 Å². The zero-order valence-electron chi connectivity index (χ0n) is 25.1. The fraction of sp³-hybridized carbons (Fsp3) is 0.727. The molecule has 3 aliphatic heterocycles. The molecule has 3 heterocycles. The number of esters is 1. The van der Waals surface area contributed by atoms with Crippen LogP contribution in [-0.4, -0.2) is 73.0 Å². The lowest BCUT2D eigenvalue weighted by Crippen LogP contribution is -2.61. The fourth-order valence-corrected chi connectivity index (χ4v) is 8.52. The van der Waals surface area contributed by atoms with Crippen molar-refractivity contribution in [3.8, 4) is 0 Å². The van der Waals surface area contributed by atoms with Crippen molar-refractivity contribution in [1.29, 1.82) is 0 Å². The van der Waals surface area contributed by atoms with E-state index in [1.54, 1.807) is 12.1 Å². The lowest BCUT2D eigenvalue weighted by Gasteiger charge is -2.53. The summed E-state index contributed by atoms with van der Waals surface area (Å²) in [4.78, 5) is 45.3. The second-order valence-electron chi connectivity index (χ2n) is 13.6. The minimum atomic E-state index is -0.740. The molecule has 0 unspecified atom stereocenters. The van der Waals surface area contributed by atoms with Crippen molar-refractivity contribution in [3.63, 3.8) is 0 Å². The zero-order valence-corrected chi connectivity index (χ0v) is 25.1. The number of rotatable bonds is 8. The average Bonchev–Trinajstić information content (AvgIpc) is 2.97. The van der Waals surface area contributed by atoms with Crippen LogP contribution in [0.25, 0.3) is 0 Å². The molecule has 0 spiro atoms. The Morgan fingerprint density at radius 2 is 1.73 bits per heavy atom. The van der Waals surface area contributed by atoms with E-state index in [1.165, 1.54) is 18.6 Å². The summed E-state index contributed by atoms with van der Waals surface area (Å²) in [6.45, 7) is 6.41. The number of likely N-dealkylation sites (tertiary alicyclic amines) is 1. The first-order valence-electron chi connectivity index (χ1n) is 15.9. The van der Waals surface area contributed by atoms with E-state index >= 15 is 0 Å². The molecular formula is C33H48FN3O4. The molecule has 226 valence electrons. The molecule has 0 aromatic heterocycles. The highest BCUT2D eigenvalue weighted by Crippen LogP contribution is 2.48. The molecule has 7 nitrogen and oxygen atoms in total. The van der Waals surface area contributed by atoms with Gasteiger partial charge in [-0.3, -0.25) is 14.4 Å². The van der Waals surface area contributed by atoms with Crippen LogP contribution < -0.4 is 5.32 Å². The summed E-state index contributed by atoms with van der Waals surface area (Å²) in [7, 11) is 2.10. The van der Waals surface area contributed by atoms with Gasteiger partial charge in [0.15, 0.2) is 0 Å². The molecule has 4 atom stereocenters. The van der Waals surface area contributed by atoms with Crippen molar-refractivity contribution < 1.29 is 23.5 Å². The van der Waals surface area contributed by atoms with Crippen LogP contribution in [0.1, 0.15) is 83.6 Å². The van der Waals surface area contributed by atoms with Gasteiger partial charge < -0.3 is 19.9 Å². The fourth-order valence-electron chi connectivity index (χ4n) is 8.52. The number of carbonyl (C=O) groups excluding carboxylic acids is 3. The number of hydrogen-bond acceptors (Lipinski definition) is 5. The highest BCUT2D eigenvalue weighted by molar-refractivity contribution is 5.89. The molecule has 1 N–H and O–H groups in total. The van der Waals surface area contributed by atoms with Gasteiger partial charge in [-0.2, -0.15) is 0 Å². The highest BCUT2D eigenvalue weighted by Gasteiger charge is 2.51. The molecule has 1 aromatic rings. The summed E-state index contributed by atoms with van der Waals surface area (Å²) < 4.78 is 19.2. The van der Waals surface area contributed by atoms with Gasteiger partial charge in [-0.25, -0.2) is 4.39 Å². The lowest BCUT2D eigenvalue weighted by molar-refractivity contribution is -0.166. The zero-order chi connectivity index (χ0) is 29.2. The van der Waals surface area contributed by atoms with Crippen molar-refractivity contribution in [3.05, 3.63) is 35.6 Å². The second kappa shape index (κ2) is 12.4. The summed E-state index contributed by atoms with van der Waals surface area (Å²) in [6.07, 6.45) is 9.98. The maximum Gasteiger partial charge on any atom is 0.312 e. The van der Waals surface area contributed by atoms with Crippen LogP contribution in [0.4, 0.5) is 4.39 Å². The highest BCUT2D eigenvalue weighted by atomic mass is 19.1.